The SMILES string of the molecule is Cc1ccc2c(c1F)N(C(=O)c1cn(C)c(=O)[nH]c1=O)CCC2. The lowest BCUT2D eigenvalue weighted by molar-refractivity contribution is 0.0981. The van der Waals surface area contributed by atoms with Gasteiger partial charge in [-0.3, -0.25) is 14.6 Å². The van der Waals surface area contributed by atoms with Crippen LogP contribution in [0.4, 0.5) is 10.1 Å². The van der Waals surface area contributed by atoms with Crippen molar-refractivity contribution in [3.05, 3.63) is 61.7 Å². The molecule has 0 spiro atoms. The molecule has 3 rings (SSSR count). The van der Waals surface area contributed by atoms with Crippen LogP contribution in [0, 0.1) is 12.7 Å². The van der Waals surface area contributed by atoms with E-state index in [0.717, 1.165) is 10.1 Å². The highest BCUT2D eigenvalue weighted by Gasteiger charge is 2.29. The third kappa shape index (κ3) is 2.48. The predicted molar refractivity (Wildman–Crippen MR) is 83.4 cm³/mol. The number of hydrogen-bond donors (Lipinski definition) is 1. The standard InChI is InChI=1S/C16H16FN3O3/c1-9-5-6-10-4-3-7-20(13(10)12(9)17)15(22)11-8-19(2)16(23)18-14(11)21/h5-6,8H,3-4,7H2,1-2H3,(H,18,21,23). The summed E-state index contributed by atoms with van der Waals surface area (Å²) in [5.74, 6) is -1.05. The van der Waals surface area contributed by atoms with Crippen molar-refractivity contribution in [1.29, 1.82) is 0 Å². The number of anilines is 1. The average molecular weight is 317 g/mol. The fourth-order valence-electron chi connectivity index (χ4n) is 2.80. The molecule has 1 aromatic carbocycles. The number of carbonyl (C=O) groups is 1. The van der Waals surface area contributed by atoms with Crippen molar-refractivity contribution in [3.63, 3.8) is 0 Å². The van der Waals surface area contributed by atoms with Gasteiger partial charge < -0.3 is 9.47 Å². The van der Waals surface area contributed by atoms with Gasteiger partial charge in [-0.25, -0.2) is 9.18 Å². The second-order valence-corrected chi connectivity index (χ2v) is 5.68. The molecular formula is C16H16FN3O3. The monoisotopic (exact) mass is 317 g/mol. The van der Waals surface area contributed by atoms with Crippen LogP contribution >= 0.6 is 0 Å². The van der Waals surface area contributed by atoms with E-state index in [9.17, 15) is 18.8 Å². The second kappa shape index (κ2) is 5.49. The van der Waals surface area contributed by atoms with Gasteiger partial charge >= 0.3 is 5.69 Å². The maximum atomic E-state index is 14.5. The zero-order chi connectivity index (χ0) is 16.7. The summed E-state index contributed by atoms with van der Waals surface area (Å²) in [6.07, 6.45) is 2.55. The fourth-order valence-corrected chi connectivity index (χ4v) is 2.80. The number of amides is 1. The molecule has 0 saturated heterocycles. The predicted octanol–water partition coefficient (Wildman–Crippen LogP) is 1.11. The Morgan fingerprint density at radius 3 is 2.78 bits per heavy atom. The second-order valence-electron chi connectivity index (χ2n) is 5.68. The molecule has 7 heteroatoms. The minimum Gasteiger partial charge on any atom is -0.305 e. The van der Waals surface area contributed by atoms with E-state index >= 15 is 0 Å². The molecular weight excluding hydrogens is 301 g/mol. The largest absolute Gasteiger partial charge is 0.328 e. The van der Waals surface area contributed by atoms with Gasteiger partial charge in [0.1, 0.15) is 11.4 Å². The number of nitrogens with zero attached hydrogens (tertiary/aromatic N) is 2. The van der Waals surface area contributed by atoms with Crippen molar-refractivity contribution in [1.82, 2.24) is 9.55 Å². The molecule has 0 bridgehead atoms. The van der Waals surface area contributed by atoms with Gasteiger partial charge in [-0.2, -0.15) is 0 Å². The van der Waals surface area contributed by atoms with E-state index in [-0.39, 0.29) is 11.3 Å². The molecule has 1 N–H and O–H groups in total. The third-order valence-corrected chi connectivity index (χ3v) is 4.07. The van der Waals surface area contributed by atoms with Gasteiger partial charge in [-0.15, -0.1) is 0 Å². The number of aryl methyl sites for hydroxylation is 3. The van der Waals surface area contributed by atoms with Crippen LogP contribution < -0.4 is 16.1 Å². The van der Waals surface area contributed by atoms with Crippen LogP contribution in [0.2, 0.25) is 0 Å². The Kier molecular flexibility index (Phi) is 3.63. The maximum Gasteiger partial charge on any atom is 0.328 e. The zero-order valence-corrected chi connectivity index (χ0v) is 12.9. The summed E-state index contributed by atoms with van der Waals surface area (Å²) >= 11 is 0. The number of nitrogens with one attached hydrogen (secondary N) is 1. The molecule has 6 nitrogen and oxygen atoms in total. The van der Waals surface area contributed by atoms with Gasteiger partial charge in [-0.05, 0) is 30.9 Å². The molecule has 120 valence electrons. The molecule has 0 unspecified atom stereocenters. The van der Waals surface area contributed by atoms with Crippen LogP contribution in [-0.2, 0) is 13.5 Å². The Bertz CT molecular complexity index is 914. The number of carbonyl (C=O) groups excluding carboxylic acids is 1. The highest BCUT2D eigenvalue weighted by atomic mass is 19.1. The minimum atomic E-state index is -0.765. The van der Waals surface area contributed by atoms with E-state index in [1.807, 2.05) is 0 Å². The number of aromatic amines is 1. The molecule has 1 aliphatic heterocycles. The number of aromatic nitrogens is 2. The lowest BCUT2D eigenvalue weighted by Crippen LogP contribution is -2.41. The quantitative estimate of drug-likeness (QED) is 0.856. The lowest BCUT2D eigenvalue weighted by Gasteiger charge is -2.30. The third-order valence-electron chi connectivity index (χ3n) is 4.07. The van der Waals surface area contributed by atoms with Gasteiger partial charge in [0.2, 0.25) is 0 Å². The van der Waals surface area contributed by atoms with Gasteiger partial charge in [-0.1, -0.05) is 12.1 Å². The van der Waals surface area contributed by atoms with Crippen molar-refractivity contribution in [3.8, 4) is 0 Å². The highest BCUT2D eigenvalue weighted by Crippen LogP contribution is 2.32. The molecule has 23 heavy (non-hydrogen) atoms. The van der Waals surface area contributed by atoms with Gasteiger partial charge in [0.05, 0.1) is 5.69 Å². The molecule has 2 aromatic rings. The normalized spacial score (nSPS) is 13.8. The van der Waals surface area contributed by atoms with Crippen molar-refractivity contribution < 1.29 is 9.18 Å². The van der Waals surface area contributed by atoms with Crippen LogP contribution in [-0.4, -0.2) is 22.0 Å². The fraction of sp³-hybridized carbons (Fsp3) is 0.312. The Hall–Kier alpha value is -2.70. The van der Waals surface area contributed by atoms with Gasteiger partial charge in [0, 0.05) is 19.8 Å². The number of halogens is 1. The van der Waals surface area contributed by atoms with Crippen molar-refractivity contribution >= 4 is 11.6 Å². The first-order chi connectivity index (χ1) is 10.9. The summed E-state index contributed by atoms with van der Waals surface area (Å²) in [6, 6.07) is 3.49. The zero-order valence-electron chi connectivity index (χ0n) is 12.9. The van der Waals surface area contributed by atoms with Crippen LogP contribution in [0.1, 0.15) is 27.9 Å². The van der Waals surface area contributed by atoms with Crippen molar-refractivity contribution in [2.45, 2.75) is 19.8 Å². The van der Waals surface area contributed by atoms with E-state index in [1.54, 1.807) is 19.1 Å². The number of H-pyrrole nitrogens is 1. The molecule has 2 heterocycles. The highest BCUT2D eigenvalue weighted by molar-refractivity contribution is 6.06. The van der Waals surface area contributed by atoms with E-state index in [1.165, 1.54) is 18.1 Å². The Morgan fingerprint density at radius 2 is 2.04 bits per heavy atom. The van der Waals surface area contributed by atoms with E-state index in [0.29, 0.717) is 24.9 Å². The topological polar surface area (TPSA) is 75.2 Å². The molecule has 0 radical (unpaired) electrons. The summed E-state index contributed by atoms with van der Waals surface area (Å²) in [7, 11) is 1.43. The molecule has 1 aromatic heterocycles. The van der Waals surface area contributed by atoms with Crippen LogP contribution in [0.3, 0.4) is 0 Å². The number of fused-ring (bicyclic) bond motifs is 1. The first-order valence-electron chi connectivity index (χ1n) is 7.30. The number of benzene rings is 1. The first-order valence-corrected chi connectivity index (χ1v) is 7.30. The molecule has 0 fully saturated rings. The molecule has 1 amide bonds. The molecule has 0 aliphatic carbocycles. The van der Waals surface area contributed by atoms with E-state index in [2.05, 4.69) is 4.98 Å². The maximum absolute atomic E-state index is 14.5. The van der Waals surface area contributed by atoms with E-state index in [4.69, 9.17) is 0 Å². The number of rotatable bonds is 1. The summed E-state index contributed by atoms with van der Waals surface area (Å²) in [4.78, 5) is 39.5. The summed E-state index contributed by atoms with van der Waals surface area (Å²) in [5.41, 5.74) is -0.131. The van der Waals surface area contributed by atoms with Crippen LogP contribution in [0.15, 0.2) is 27.9 Å². The Labute approximate surface area is 131 Å². The Morgan fingerprint density at radius 1 is 1.30 bits per heavy atom. The summed E-state index contributed by atoms with van der Waals surface area (Å²) < 4.78 is 15.6. The molecule has 0 atom stereocenters. The average Bonchev–Trinajstić information content (AvgIpc) is 2.53. The molecule has 0 saturated carbocycles. The molecule has 1 aliphatic rings. The van der Waals surface area contributed by atoms with Gasteiger partial charge in [0.15, 0.2) is 0 Å². The Balaban J connectivity index is 2.13. The number of hydrogen-bond acceptors (Lipinski definition) is 3. The van der Waals surface area contributed by atoms with Crippen LogP contribution in [0.5, 0.6) is 0 Å². The summed E-state index contributed by atoms with van der Waals surface area (Å²) in [6.45, 7) is 1.96. The van der Waals surface area contributed by atoms with E-state index < -0.39 is 23.0 Å². The first kappa shape index (κ1) is 15.2. The minimum absolute atomic E-state index is 0.180. The van der Waals surface area contributed by atoms with Crippen molar-refractivity contribution in [2.24, 2.45) is 7.05 Å². The van der Waals surface area contributed by atoms with Crippen LogP contribution in [0.25, 0.3) is 0 Å². The summed E-state index contributed by atoms with van der Waals surface area (Å²) in [5, 5.41) is 0. The lowest BCUT2D eigenvalue weighted by atomic mass is 9.98. The van der Waals surface area contributed by atoms with Crippen molar-refractivity contribution in [2.75, 3.05) is 11.4 Å². The van der Waals surface area contributed by atoms with Gasteiger partial charge in [0.25, 0.3) is 11.5 Å². The smallest absolute Gasteiger partial charge is 0.305 e.